The molecule has 21 heavy (non-hydrogen) atoms. The van der Waals surface area contributed by atoms with Crippen LogP contribution in [0.3, 0.4) is 0 Å². The van der Waals surface area contributed by atoms with E-state index in [4.69, 9.17) is 5.11 Å². The van der Waals surface area contributed by atoms with E-state index in [0.717, 1.165) is 10.0 Å². The van der Waals surface area contributed by atoms with Crippen LogP contribution >= 0.6 is 15.9 Å². The molecule has 0 unspecified atom stereocenters. The summed E-state index contributed by atoms with van der Waals surface area (Å²) in [5.74, 6) is -1.02. The van der Waals surface area contributed by atoms with E-state index in [9.17, 15) is 14.4 Å². The van der Waals surface area contributed by atoms with Crippen LogP contribution in [0.5, 0.6) is 0 Å². The molecule has 1 aromatic carbocycles. The van der Waals surface area contributed by atoms with E-state index in [0.29, 0.717) is 17.5 Å². The van der Waals surface area contributed by atoms with Gasteiger partial charge in [-0.15, -0.1) is 0 Å². The average molecular weight is 353 g/mol. The van der Waals surface area contributed by atoms with E-state index in [2.05, 4.69) is 20.9 Å². The van der Waals surface area contributed by atoms with Gasteiger partial charge in [-0.1, -0.05) is 22.9 Å². The number of nitrogens with zero attached hydrogens (tertiary/aromatic N) is 1. The first-order valence-corrected chi connectivity index (χ1v) is 7.36. The number of hydrogen-bond donors (Lipinski definition) is 2. The van der Waals surface area contributed by atoms with Gasteiger partial charge in [-0.25, -0.2) is 0 Å². The van der Waals surface area contributed by atoms with E-state index >= 15 is 0 Å². The summed E-state index contributed by atoms with van der Waals surface area (Å²) in [6, 6.07) is 3.13. The molecule has 1 aromatic heterocycles. The van der Waals surface area contributed by atoms with Crippen LogP contribution < -0.4 is 11.1 Å². The van der Waals surface area contributed by atoms with Crippen LogP contribution in [0.25, 0.3) is 11.0 Å². The van der Waals surface area contributed by atoms with Gasteiger partial charge in [0.25, 0.3) is 0 Å². The first kappa shape index (κ1) is 14.1. The van der Waals surface area contributed by atoms with Crippen LogP contribution in [0.4, 0.5) is 0 Å². The highest BCUT2D eigenvalue weighted by molar-refractivity contribution is 9.10. The second-order valence-electron chi connectivity index (χ2n) is 5.44. The standard InChI is InChI=1S/C14H13BrN2O4/c1-6-2-7-3-8(15)4-9-12(7)17(10(6)5-11(18)19)14(21)13(20)16-9/h3-4,6,10H,2,5H2,1H3,(H,16,20)(H,18,19)/t6-,10+/m1/s1. The molecular formula is C14H13BrN2O4. The monoisotopic (exact) mass is 352 g/mol. The molecule has 2 heterocycles. The second-order valence-corrected chi connectivity index (χ2v) is 6.35. The second kappa shape index (κ2) is 4.84. The third-order valence-corrected chi connectivity index (χ3v) is 4.43. The summed E-state index contributed by atoms with van der Waals surface area (Å²) >= 11 is 3.39. The number of carbonyl (C=O) groups is 1. The number of halogens is 1. The molecule has 3 rings (SSSR count). The Kier molecular flexibility index (Phi) is 3.24. The summed E-state index contributed by atoms with van der Waals surface area (Å²) in [5, 5.41) is 9.08. The summed E-state index contributed by atoms with van der Waals surface area (Å²) in [5.41, 5.74) is 0.695. The van der Waals surface area contributed by atoms with Crippen molar-refractivity contribution >= 4 is 32.9 Å². The first-order valence-electron chi connectivity index (χ1n) is 6.57. The number of aromatic amines is 1. The lowest BCUT2D eigenvalue weighted by Gasteiger charge is -2.32. The molecule has 0 spiro atoms. The van der Waals surface area contributed by atoms with E-state index in [-0.39, 0.29) is 12.3 Å². The number of aliphatic carboxylic acids is 1. The van der Waals surface area contributed by atoms with Gasteiger partial charge in [0.15, 0.2) is 0 Å². The van der Waals surface area contributed by atoms with E-state index < -0.39 is 23.1 Å². The molecule has 0 fully saturated rings. The number of nitrogens with one attached hydrogen (secondary N) is 1. The largest absolute Gasteiger partial charge is 0.481 e. The van der Waals surface area contributed by atoms with Crippen molar-refractivity contribution in [1.29, 1.82) is 0 Å². The molecule has 0 aliphatic carbocycles. The maximum atomic E-state index is 12.2. The third-order valence-electron chi connectivity index (χ3n) is 3.97. The summed E-state index contributed by atoms with van der Waals surface area (Å²) in [7, 11) is 0. The quantitative estimate of drug-likeness (QED) is 0.804. The average Bonchev–Trinajstić information content (AvgIpc) is 2.37. The van der Waals surface area contributed by atoms with Gasteiger partial charge in [0.05, 0.1) is 23.5 Å². The zero-order valence-corrected chi connectivity index (χ0v) is 12.8. The highest BCUT2D eigenvalue weighted by atomic mass is 79.9. The number of hydrogen-bond acceptors (Lipinski definition) is 3. The predicted octanol–water partition coefficient (Wildman–Crippen LogP) is 1.66. The SMILES string of the molecule is C[C@@H]1Cc2cc(Br)cc3[nH]c(=O)c(=O)n(c23)[C@H]1CC(=O)O. The van der Waals surface area contributed by atoms with Crippen molar-refractivity contribution < 1.29 is 9.90 Å². The Hall–Kier alpha value is -1.89. The molecule has 0 bridgehead atoms. The van der Waals surface area contributed by atoms with Crippen LogP contribution in [-0.2, 0) is 11.2 Å². The minimum absolute atomic E-state index is 0.0365. The van der Waals surface area contributed by atoms with Gasteiger partial charge < -0.3 is 10.1 Å². The molecule has 7 heteroatoms. The molecule has 2 N–H and O–H groups in total. The lowest BCUT2D eigenvalue weighted by atomic mass is 9.87. The van der Waals surface area contributed by atoms with Gasteiger partial charge in [0, 0.05) is 4.47 Å². The van der Waals surface area contributed by atoms with Gasteiger partial charge >= 0.3 is 17.1 Å². The Balaban J connectivity index is 2.42. The van der Waals surface area contributed by atoms with Crippen molar-refractivity contribution in [3.05, 3.63) is 42.9 Å². The zero-order chi connectivity index (χ0) is 15.3. The van der Waals surface area contributed by atoms with Gasteiger partial charge in [-0.05, 0) is 30.0 Å². The molecule has 2 atom stereocenters. The smallest absolute Gasteiger partial charge is 0.317 e. The normalized spacial score (nSPS) is 20.7. The van der Waals surface area contributed by atoms with Gasteiger partial charge in [-0.2, -0.15) is 0 Å². The van der Waals surface area contributed by atoms with Crippen molar-refractivity contribution in [3.63, 3.8) is 0 Å². The molecule has 2 aromatic rings. The van der Waals surface area contributed by atoms with Gasteiger partial charge in [0.2, 0.25) is 0 Å². The summed E-state index contributed by atoms with van der Waals surface area (Å²) in [4.78, 5) is 37.7. The van der Waals surface area contributed by atoms with Crippen molar-refractivity contribution in [1.82, 2.24) is 9.55 Å². The summed E-state index contributed by atoms with van der Waals surface area (Å²) in [6.07, 6.45) is 0.495. The van der Waals surface area contributed by atoms with Gasteiger partial charge in [0.1, 0.15) is 0 Å². The molecule has 1 aliphatic heterocycles. The lowest BCUT2D eigenvalue weighted by Crippen LogP contribution is -2.43. The number of rotatable bonds is 2. The summed E-state index contributed by atoms with van der Waals surface area (Å²) < 4.78 is 2.17. The molecule has 0 saturated carbocycles. The molecule has 110 valence electrons. The highest BCUT2D eigenvalue weighted by Gasteiger charge is 2.31. The number of carboxylic acid groups (broad SMARTS) is 1. The van der Waals surface area contributed by atoms with E-state index in [1.807, 2.05) is 13.0 Å². The molecule has 0 amide bonds. The minimum Gasteiger partial charge on any atom is -0.481 e. The van der Waals surface area contributed by atoms with Crippen LogP contribution in [0.15, 0.2) is 26.2 Å². The van der Waals surface area contributed by atoms with Crippen molar-refractivity contribution in [2.45, 2.75) is 25.8 Å². The molecule has 0 radical (unpaired) electrons. The fourth-order valence-electron chi connectivity index (χ4n) is 3.10. The van der Waals surface area contributed by atoms with Crippen molar-refractivity contribution in [2.75, 3.05) is 0 Å². The predicted molar refractivity (Wildman–Crippen MR) is 80.7 cm³/mol. The van der Waals surface area contributed by atoms with E-state index in [1.54, 1.807) is 6.07 Å². The molecule has 1 aliphatic rings. The van der Waals surface area contributed by atoms with E-state index in [1.165, 1.54) is 4.57 Å². The molecule has 6 nitrogen and oxygen atoms in total. The number of H-pyrrole nitrogens is 1. The number of benzene rings is 1. The Morgan fingerprint density at radius 3 is 2.86 bits per heavy atom. The Morgan fingerprint density at radius 1 is 1.48 bits per heavy atom. The third kappa shape index (κ3) is 2.21. The van der Waals surface area contributed by atoms with Crippen molar-refractivity contribution in [2.24, 2.45) is 5.92 Å². The Labute approximate surface area is 127 Å². The molecule has 0 saturated heterocycles. The van der Waals surface area contributed by atoms with Crippen LogP contribution in [-0.4, -0.2) is 20.6 Å². The minimum atomic E-state index is -0.979. The highest BCUT2D eigenvalue weighted by Crippen LogP contribution is 2.35. The molecular weight excluding hydrogens is 340 g/mol. The fraction of sp³-hybridized carbons (Fsp3) is 0.357. The maximum Gasteiger partial charge on any atom is 0.317 e. The van der Waals surface area contributed by atoms with Crippen molar-refractivity contribution in [3.8, 4) is 0 Å². The number of carboxylic acids is 1. The zero-order valence-electron chi connectivity index (χ0n) is 11.2. The Morgan fingerprint density at radius 2 is 2.19 bits per heavy atom. The van der Waals surface area contributed by atoms with Crippen LogP contribution in [0.2, 0.25) is 0 Å². The van der Waals surface area contributed by atoms with Crippen LogP contribution in [0.1, 0.15) is 24.9 Å². The number of aromatic nitrogens is 2. The lowest BCUT2D eigenvalue weighted by molar-refractivity contribution is -0.138. The topological polar surface area (TPSA) is 92.2 Å². The van der Waals surface area contributed by atoms with Crippen LogP contribution in [0, 0.1) is 5.92 Å². The van der Waals surface area contributed by atoms with Gasteiger partial charge in [-0.3, -0.25) is 19.0 Å². The summed E-state index contributed by atoms with van der Waals surface area (Å²) in [6.45, 7) is 1.90. The Bertz CT molecular complexity index is 868. The first-order chi connectivity index (χ1) is 9.88. The maximum absolute atomic E-state index is 12.2. The fourth-order valence-corrected chi connectivity index (χ4v) is 3.61.